The minimum absolute atomic E-state index is 0.111. The number of imide groups is 1. The molecule has 4 rings (SSSR count). The Hall–Kier alpha value is -3.52. The van der Waals surface area contributed by atoms with Gasteiger partial charge in [0, 0.05) is 41.8 Å². The Labute approximate surface area is 180 Å². The van der Waals surface area contributed by atoms with Crippen LogP contribution in [0.4, 0.5) is 5.69 Å². The molecule has 1 aliphatic rings. The van der Waals surface area contributed by atoms with Gasteiger partial charge in [0.05, 0.1) is 39.5 Å². The first kappa shape index (κ1) is 20.7. The molecule has 0 saturated carbocycles. The molecule has 2 aromatic carbocycles. The van der Waals surface area contributed by atoms with Gasteiger partial charge >= 0.3 is 0 Å². The zero-order valence-corrected chi connectivity index (χ0v) is 17.7. The van der Waals surface area contributed by atoms with Crippen molar-refractivity contribution in [1.29, 1.82) is 0 Å². The fraction of sp³-hybridized carbons (Fsp3) is 0.304. The minimum atomic E-state index is -0.565. The van der Waals surface area contributed by atoms with Gasteiger partial charge in [-0.25, -0.2) is 4.90 Å². The summed E-state index contributed by atoms with van der Waals surface area (Å²) in [6.07, 6.45) is 2.78. The number of aromatic nitrogens is 1. The molecule has 31 heavy (non-hydrogen) atoms. The highest BCUT2D eigenvalue weighted by molar-refractivity contribution is 6.22. The maximum Gasteiger partial charge on any atom is 0.251 e. The zero-order valence-electron chi connectivity index (χ0n) is 17.7. The van der Waals surface area contributed by atoms with E-state index in [0.717, 1.165) is 22.2 Å². The quantitative estimate of drug-likeness (QED) is 0.541. The van der Waals surface area contributed by atoms with Gasteiger partial charge < -0.3 is 24.5 Å². The monoisotopic (exact) mass is 423 g/mol. The molecule has 0 spiro atoms. The van der Waals surface area contributed by atoms with Crippen molar-refractivity contribution in [2.24, 2.45) is 0 Å². The van der Waals surface area contributed by atoms with Gasteiger partial charge in [0.25, 0.3) is 5.91 Å². The molecule has 2 heterocycles. The third-order valence-corrected chi connectivity index (χ3v) is 5.50. The molecule has 8 nitrogen and oxygen atoms in total. The second-order valence-electron chi connectivity index (χ2n) is 7.32. The maximum absolute atomic E-state index is 12.9. The highest BCUT2D eigenvalue weighted by atomic mass is 16.5. The number of rotatable bonds is 8. The van der Waals surface area contributed by atoms with Crippen molar-refractivity contribution in [3.05, 3.63) is 48.2 Å². The summed E-state index contributed by atoms with van der Waals surface area (Å²) < 4.78 is 15.8. The van der Waals surface area contributed by atoms with E-state index in [1.807, 2.05) is 24.4 Å². The Balaban J connectivity index is 1.44. The van der Waals surface area contributed by atoms with Crippen LogP contribution < -0.4 is 24.4 Å². The number of carbonyl (C=O) groups excluding carboxylic acids is 2. The normalized spacial score (nSPS) is 16.2. The molecule has 1 aromatic heterocycles. The van der Waals surface area contributed by atoms with Crippen LogP contribution in [0.3, 0.4) is 0 Å². The Morgan fingerprint density at radius 1 is 1.00 bits per heavy atom. The number of nitrogens with one attached hydrogen (secondary N) is 2. The van der Waals surface area contributed by atoms with E-state index in [0.29, 0.717) is 30.2 Å². The Morgan fingerprint density at radius 2 is 1.71 bits per heavy atom. The lowest BCUT2D eigenvalue weighted by Gasteiger charge is -2.17. The molecule has 1 saturated heterocycles. The summed E-state index contributed by atoms with van der Waals surface area (Å²) in [5.74, 6) is 1.29. The SMILES string of the molecule is COc1cc(OC)cc(N2C(=O)C[C@H](NCCc3c[nH]c4ccc(OC)cc34)C2=O)c1. The van der Waals surface area contributed by atoms with Gasteiger partial charge in [-0.05, 0) is 30.2 Å². The Bertz CT molecular complexity index is 1100. The van der Waals surface area contributed by atoms with Crippen LogP contribution in [-0.4, -0.2) is 50.7 Å². The van der Waals surface area contributed by atoms with Crippen molar-refractivity contribution in [3.63, 3.8) is 0 Å². The van der Waals surface area contributed by atoms with Crippen molar-refractivity contribution in [2.45, 2.75) is 18.9 Å². The fourth-order valence-electron chi connectivity index (χ4n) is 3.86. The molecule has 0 radical (unpaired) electrons. The standard InChI is InChI=1S/C23H25N3O5/c1-29-16-4-5-20-19(11-16)14(13-25-20)6-7-24-21-12-22(27)26(23(21)28)15-8-17(30-2)10-18(9-15)31-3/h4-5,8-11,13,21,24-25H,6-7,12H2,1-3H3/t21-/m0/s1. The molecule has 0 bridgehead atoms. The molecule has 8 heteroatoms. The Kier molecular flexibility index (Phi) is 5.81. The summed E-state index contributed by atoms with van der Waals surface area (Å²) in [7, 11) is 4.69. The van der Waals surface area contributed by atoms with Gasteiger partial charge in [-0.1, -0.05) is 0 Å². The van der Waals surface area contributed by atoms with E-state index < -0.39 is 6.04 Å². The third kappa shape index (κ3) is 4.06. The summed E-state index contributed by atoms with van der Waals surface area (Å²) in [6, 6.07) is 10.3. The van der Waals surface area contributed by atoms with E-state index in [4.69, 9.17) is 14.2 Å². The predicted molar refractivity (Wildman–Crippen MR) is 117 cm³/mol. The van der Waals surface area contributed by atoms with Gasteiger partial charge in [-0.2, -0.15) is 0 Å². The van der Waals surface area contributed by atoms with Crippen LogP contribution in [0.1, 0.15) is 12.0 Å². The van der Waals surface area contributed by atoms with Gasteiger partial charge in [-0.15, -0.1) is 0 Å². The van der Waals surface area contributed by atoms with E-state index >= 15 is 0 Å². The molecular formula is C23H25N3O5. The lowest BCUT2D eigenvalue weighted by Crippen LogP contribution is -2.39. The number of ether oxygens (including phenoxy) is 3. The number of H-pyrrole nitrogens is 1. The lowest BCUT2D eigenvalue weighted by molar-refractivity contribution is -0.121. The third-order valence-electron chi connectivity index (χ3n) is 5.50. The highest BCUT2D eigenvalue weighted by Crippen LogP contribution is 2.31. The number of benzene rings is 2. The summed E-state index contributed by atoms with van der Waals surface area (Å²) >= 11 is 0. The van der Waals surface area contributed by atoms with Gasteiger partial charge in [-0.3, -0.25) is 9.59 Å². The number of nitrogens with zero attached hydrogens (tertiary/aromatic N) is 1. The second-order valence-corrected chi connectivity index (χ2v) is 7.32. The summed E-state index contributed by atoms with van der Waals surface area (Å²) in [6.45, 7) is 0.559. The summed E-state index contributed by atoms with van der Waals surface area (Å²) in [5, 5.41) is 4.31. The van der Waals surface area contributed by atoms with Crippen LogP contribution in [0.5, 0.6) is 17.2 Å². The first-order valence-electron chi connectivity index (χ1n) is 10.0. The molecular weight excluding hydrogens is 398 g/mol. The summed E-state index contributed by atoms with van der Waals surface area (Å²) in [5.41, 5.74) is 2.59. The molecule has 2 amide bonds. The second kappa shape index (κ2) is 8.69. The molecule has 2 N–H and O–H groups in total. The first-order valence-corrected chi connectivity index (χ1v) is 10.0. The molecule has 162 valence electrons. The topological polar surface area (TPSA) is 92.9 Å². The van der Waals surface area contributed by atoms with Crippen LogP contribution in [-0.2, 0) is 16.0 Å². The van der Waals surface area contributed by atoms with E-state index in [1.165, 1.54) is 19.1 Å². The minimum Gasteiger partial charge on any atom is -0.497 e. The number of carbonyl (C=O) groups is 2. The van der Waals surface area contributed by atoms with Crippen molar-refractivity contribution in [2.75, 3.05) is 32.8 Å². The molecule has 0 unspecified atom stereocenters. The van der Waals surface area contributed by atoms with E-state index in [2.05, 4.69) is 10.3 Å². The number of aromatic amines is 1. The Morgan fingerprint density at radius 3 is 2.39 bits per heavy atom. The van der Waals surface area contributed by atoms with Gasteiger partial charge in [0.1, 0.15) is 17.2 Å². The van der Waals surface area contributed by atoms with Crippen LogP contribution in [0.2, 0.25) is 0 Å². The van der Waals surface area contributed by atoms with Crippen molar-refractivity contribution in [1.82, 2.24) is 10.3 Å². The van der Waals surface area contributed by atoms with Crippen LogP contribution in [0.15, 0.2) is 42.6 Å². The average molecular weight is 423 g/mol. The molecule has 3 aromatic rings. The zero-order chi connectivity index (χ0) is 22.0. The van der Waals surface area contributed by atoms with Crippen LogP contribution in [0, 0.1) is 0 Å². The smallest absolute Gasteiger partial charge is 0.251 e. The van der Waals surface area contributed by atoms with Crippen LogP contribution in [0.25, 0.3) is 10.9 Å². The molecule has 0 aliphatic carbocycles. The van der Waals surface area contributed by atoms with Crippen molar-refractivity contribution >= 4 is 28.4 Å². The number of amides is 2. The average Bonchev–Trinajstić information content (AvgIpc) is 3.32. The van der Waals surface area contributed by atoms with E-state index in [9.17, 15) is 9.59 Å². The molecule has 1 atom stereocenters. The summed E-state index contributed by atoms with van der Waals surface area (Å²) in [4.78, 5) is 30.0. The number of hydrogen-bond donors (Lipinski definition) is 2. The van der Waals surface area contributed by atoms with E-state index in [1.54, 1.807) is 25.3 Å². The van der Waals surface area contributed by atoms with Gasteiger partial charge in [0.2, 0.25) is 5.91 Å². The largest absolute Gasteiger partial charge is 0.497 e. The number of methoxy groups -OCH3 is 3. The predicted octanol–water partition coefficient (Wildman–Crippen LogP) is 2.66. The number of fused-ring (bicyclic) bond motifs is 1. The maximum atomic E-state index is 12.9. The molecule has 1 fully saturated rings. The van der Waals surface area contributed by atoms with Gasteiger partial charge in [0.15, 0.2) is 0 Å². The lowest BCUT2D eigenvalue weighted by atomic mass is 10.1. The molecule has 1 aliphatic heterocycles. The number of hydrogen-bond acceptors (Lipinski definition) is 6. The highest BCUT2D eigenvalue weighted by Gasteiger charge is 2.39. The first-order chi connectivity index (χ1) is 15.0. The fourth-order valence-corrected chi connectivity index (χ4v) is 3.86. The number of anilines is 1. The van der Waals surface area contributed by atoms with Crippen molar-refractivity contribution in [3.8, 4) is 17.2 Å². The van der Waals surface area contributed by atoms with Crippen molar-refractivity contribution < 1.29 is 23.8 Å². The van der Waals surface area contributed by atoms with Crippen LogP contribution >= 0.6 is 0 Å². The van der Waals surface area contributed by atoms with E-state index in [-0.39, 0.29) is 18.2 Å².